The first kappa shape index (κ1) is 20.9. The second-order valence-electron chi connectivity index (χ2n) is 6.24. The molecule has 0 spiro atoms. The summed E-state index contributed by atoms with van der Waals surface area (Å²) in [5.41, 5.74) is 1.58. The number of ether oxygens (including phenoxy) is 2. The van der Waals surface area contributed by atoms with E-state index in [1.807, 2.05) is 36.4 Å². The number of rotatable bonds is 6. The fourth-order valence-corrected chi connectivity index (χ4v) is 2.57. The Morgan fingerprint density at radius 2 is 2.11 bits per heavy atom. The predicted molar refractivity (Wildman–Crippen MR) is 101 cm³/mol. The Labute approximate surface area is 163 Å². The van der Waals surface area contributed by atoms with Crippen LogP contribution in [-0.2, 0) is 25.7 Å². The Bertz CT molecular complexity index is 831. The van der Waals surface area contributed by atoms with Crippen molar-refractivity contribution in [1.82, 2.24) is 0 Å². The van der Waals surface area contributed by atoms with Gasteiger partial charge in [-0.25, -0.2) is 9.59 Å². The minimum absolute atomic E-state index is 0.117. The molecule has 7 nitrogen and oxygen atoms in total. The molecule has 1 aliphatic carbocycles. The zero-order valence-corrected chi connectivity index (χ0v) is 15.5. The number of hydrogen-bond acceptors (Lipinski definition) is 6. The van der Waals surface area contributed by atoms with Gasteiger partial charge >= 0.3 is 11.9 Å². The van der Waals surface area contributed by atoms with E-state index < -0.39 is 24.1 Å². The number of allylic oxidation sites excluding steroid dienone is 2. The van der Waals surface area contributed by atoms with E-state index in [0.29, 0.717) is 19.3 Å². The largest absolute Gasteiger partial charge is 0.451 e. The number of nitrogens with zero attached hydrogens (tertiary/aromatic N) is 1. The van der Waals surface area contributed by atoms with Gasteiger partial charge in [0.15, 0.2) is 6.10 Å². The molecule has 2 atom stereocenters. The number of carbonyl (C=O) groups excluding carboxylic acids is 2. The summed E-state index contributed by atoms with van der Waals surface area (Å²) in [5, 5.41) is 10.8. The first-order valence-corrected chi connectivity index (χ1v) is 8.87. The third-order valence-corrected chi connectivity index (χ3v) is 3.99. The molecule has 0 heterocycles. The zero-order valence-electron chi connectivity index (χ0n) is 15.5. The van der Waals surface area contributed by atoms with Crippen molar-refractivity contribution in [3.8, 4) is 11.8 Å². The van der Waals surface area contributed by atoms with E-state index in [2.05, 4.69) is 11.8 Å². The highest BCUT2D eigenvalue weighted by molar-refractivity contribution is 5.88. The lowest BCUT2D eigenvalue weighted by atomic mass is 9.95. The van der Waals surface area contributed by atoms with E-state index in [9.17, 15) is 19.7 Å². The quantitative estimate of drug-likeness (QED) is 0.187. The van der Waals surface area contributed by atoms with Crippen molar-refractivity contribution in [2.45, 2.75) is 44.9 Å². The second kappa shape index (κ2) is 10.7. The first-order valence-electron chi connectivity index (χ1n) is 8.87. The molecule has 0 aromatic heterocycles. The smallest absolute Gasteiger partial charge is 0.384 e. The number of carbonyl (C=O) groups is 2. The summed E-state index contributed by atoms with van der Waals surface area (Å²) < 4.78 is 10.1. The molecule has 0 N–H and O–H groups in total. The van der Waals surface area contributed by atoms with Crippen molar-refractivity contribution in [2.24, 2.45) is 0 Å². The molecule has 0 bridgehead atoms. The van der Waals surface area contributed by atoms with Crippen LogP contribution in [0.25, 0.3) is 0 Å². The van der Waals surface area contributed by atoms with Crippen molar-refractivity contribution in [1.29, 1.82) is 0 Å². The van der Waals surface area contributed by atoms with Gasteiger partial charge in [0.05, 0.1) is 0 Å². The lowest BCUT2D eigenvalue weighted by Crippen LogP contribution is -2.22. The SMILES string of the molecule is C[C@H](C#CC(=O)OCc1ccccc1)OC(=O)C=CC1=CCCC([N+](=O)[O-])C1. The van der Waals surface area contributed by atoms with Gasteiger partial charge in [0.1, 0.15) is 6.61 Å². The topological polar surface area (TPSA) is 95.7 Å². The van der Waals surface area contributed by atoms with E-state index >= 15 is 0 Å². The van der Waals surface area contributed by atoms with Crippen molar-refractivity contribution in [2.75, 3.05) is 0 Å². The van der Waals surface area contributed by atoms with Crippen LogP contribution in [0.15, 0.2) is 54.1 Å². The molecule has 1 unspecified atom stereocenters. The molecular formula is C21H21NO6. The van der Waals surface area contributed by atoms with Crippen molar-refractivity contribution in [3.05, 3.63) is 69.8 Å². The van der Waals surface area contributed by atoms with E-state index in [-0.39, 0.29) is 11.5 Å². The van der Waals surface area contributed by atoms with Crippen molar-refractivity contribution < 1.29 is 24.0 Å². The van der Waals surface area contributed by atoms with Gasteiger partial charge in [-0.3, -0.25) is 10.1 Å². The first-order chi connectivity index (χ1) is 13.4. The maximum Gasteiger partial charge on any atom is 0.384 e. The van der Waals surface area contributed by atoms with Crippen LogP contribution < -0.4 is 0 Å². The molecule has 0 aliphatic heterocycles. The summed E-state index contributed by atoms with van der Waals surface area (Å²) >= 11 is 0. The van der Waals surface area contributed by atoms with Gasteiger partial charge in [-0.15, -0.1) is 0 Å². The van der Waals surface area contributed by atoms with Gasteiger partial charge in [-0.2, -0.15) is 0 Å². The van der Waals surface area contributed by atoms with E-state index in [1.165, 1.54) is 19.1 Å². The molecule has 0 saturated carbocycles. The summed E-state index contributed by atoms with van der Waals surface area (Å²) in [7, 11) is 0. The molecule has 0 saturated heterocycles. The number of hydrogen-bond donors (Lipinski definition) is 0. The van der Waals surface area contributed by atoms with E-state index in [0.717, 1.165) is 11.1 Å². The van der Waals surface area contributed by atoms with Crippen LogP contribution in [0.4, 0.5) is 0 Å². The molecule has 0 fully saturated rings. The summed E-state index contributed by atoms with van der Waals surface area (Å²) in [5.74, 6) is 3.44. The average molecular weight is 383 g/mol. The fourth-order valence-electron chi connectivity index (χ4n) is 2.57. The molecule has 28 heavy (non-hydrogen) atoms. The Hall–Kier alpha value is -3.40. The molecular weight excluding hydrogens is 362 g/mol. The third-order valence-electron chi connectivity index (χ3n) is 3.99. The molecule has 1 aliphatic rings. The molecule has 0 radical (unpaired) electrons. The predicted octanol–water partition coefficient (Wildman–Crippen LogP) is 2.98. The minimum Gasteiger partial charge on any atom is -0.451 e. The lowest BCUT2D eigenvalue weighted by molar-refractivity contribution is -0.523. The highest BCUT2D eigenvalue weighted by Crippen LogP contribution is 2.21. The molecule has 7 heteroatoms. The summed E-state index contributed by atoms with van der Waals surface area (Å²) in [6.45, 7) is 1.65. The molecule has 2 rings (SSSR count). The van der Waals surface area contributed by atoms with Crippen LogP contribution in [0.5, 0.6) is 0 Å². The van der Waals surface area contributed by atoms with Gasteiger partial charge in [-0.1, -0.05) is 42.5 Å². The van der Waals surface area contributed by atoms with E-state index in [1.54, 1.807) is 0 Å². The maximum absolute atomic E-state index is 11.8. The summed E-state index contributed by atoms with van der Waals surface area (Å²) in [4.78, 5) is 34.0. The van der Waals surface area contributed by atoms with Gasteiger partial charge in [0, 0.05) is 29.8 Å². The van der Waals surface area contributed by atoms with E-state index in [4.69, 9.17) is 9.47 Å². The molecule has 1 aromatic carbocycles. The number of esters is 2. The normalized spacial score (nSPS) is 17.0. The molecule has 146 valence electrons. The van der Waals surface area contributed by atoms with Crippen LogP contribution in [-0.4, -0.2) is 29.0 Å². The van der Waals surface area contributed by atoms with Crippen LogP contribution in [0, 0.1) is 22.0 Å². The highest BCUT2D eigenvalue weighted by atomic mass is 16.6. The highest BCUT2D eigenvalue weighted by Gasteiger charge is 2.23. The van der Waals surface area contributed by atoms with Gasteiger partial charge in [-0.05, 0) is 30.4 Å². The Morgan fingerprint density at radius 1 is 1.36 bits per heavy atom. The van der Waals surface area contributed by atoms with Crippen LogP contribution in [0.1, 0.15) is 31.7 Å². The Balaban J connectivity index is 1.76. The molecule has 1 aromatic rings. The van der Waals surface area contributed by atoms with Crippen molar-refractivity contribution >= 4 is 11.9 Å². The zero-order chi connectivity index (χ0) is 20.4. The average Bonchev–Trinajstić information content (AvgIpc) is 2.70. The number of nitro groups is 1. The monoisotopic (exact) mass is 383 g/mol. The van der Waals surface area contributed by atoms with Crippen LogP contribution >= 0.6 is 0 Å². The fraction of sp³-hybridized carbons (Fsp3) is 0.333. The second-order valence-corrected chi connectivity index (χ2v) is 6.24. The Morgan fingerprint density at radius 3 is 2.82 bits per heavy atom. The number of benzene rings is 1. The third kappa shape index (κ3) is 7.46. The Kier molecular flexibility index (Phi) is 7.97. The van der Waals surface area contributed by atoms with Gasteiger partial charge in [0.2, 0.25) is 6.04 Å². The summed E-state index contributed by atoms with van der Waals surface area (Å²) in [6.07, 6.45) is 5.20. The summed E-state index contributed by atoms with van der Waals surface area (Å²) in [6, 6.07) is 8.57. The lowest BCUT2D eigenvalue weighted by Gasteiger charge is -2.14. The van der Waals surface area contributed by atoms with Gasteiger partial charge in [0.25, 0.3) is 0 Å². The van der Waals surface area contributed by atoms with Gasteiger partial charge < -0.3 is 9.47 Å². The van der Waals surface area contributed by atoms with Crippen molar-refractivity contribution in [3.63, 3.8) is 0 Å². The van der Waals surface area contributed by atoms with Crippen LogP contribution in [0.2, 0.25) is 0 Å². The molecule has 0 amide bonds. The maximum atomic E-state index is 11.8. The van der Waals surface area contributed by atoms with Crippen LogP contribution in [0.3, 0.4) is 0 Å². The minimum atomic E-state index is -0.798. The standard InChI is InChI=1S/C21H21NO6/c1-16(10-12-20(23)27-15-18-6-3-2-4-7-18)28-21(24)13-11-17-8-5-9-19(14-17)22(25)26/h2-4,6-8,11,13,16,19H,5,9,14-15H2,1H3/t16-,19?/m1/s1.